The van der Waals surface area contributed by atoms with Gasteiger partial charge < -0.3 is 8.94 Å². The monoisotopic (exact) mass is 404 g/mol. The lowest BCUT2D eigenvalue weighted by Crippen LogP contribution is -2.16. The molecule has 0 aliphatic carbocycles. The Kier molecular flexibility index (Phi) is 5.57. The van der Waals surface area contributed by atoms with Crippen molar-refractivity contribution in [3.63, 3.8) is 0 Å². The van der Waals surface area contributed by atoms with Crippen LogP contribution in [0.5, 0.6) is 0 Å². The van der Waals surface area contributed by atoms with Crippen LogP contribution < -0.4 is 11.4 Å². The van der Waals surface area contributed by atoms with Crippen molar-refractivity contribution in [3.8, 4) is 0 Å². The SMILES string of the molecule is CC/C(=C/Cn1oc(=O)[nH]c1=O)c1ccc2c(Cc3ccccc3)c(CC)oc2c1. The first-order valence-electron chi connectivity index (χ1n) is 10.2. The minimum absolute atomic E-state index is 0.191. The number of nitrogens with zero attached hydrogens (tertiary/aromatic N) is 1. The highest BCUT2D eigenvalue weighted by Crippen LogP contribution is 2.31. The van der Waals surface area contributed by atoms with E-state index >= 15 is 0 Å². The van der Waals surface area contributed by atoms with Crippen molar-refractivity contribution in [3.05, 3.63) is 98.1 Å². The molecule has 0 saturated heterocycles. The molecule has 6 nitrogen and oxygen atoms in total. The molecule has 0 aliphatic heterocycles. The van der Waals surface area contributed by atoms with E-state index in [9.17, 15) is 9.59 Å². The summed E-state index contributed by atoms with van der Waals surface area (Å²) >= 11 is 0. The molecule has 154 valence electrons. The van der Waals surface area contributed by atoms with Crippen LogP contribution in [0.1, 0.15) is 42.7 Å². The van der Waals surface area contributed by atoms with Crippen LogP contribution in [0.25, 0.3) is 16.5 Å². The molecule has 0 spiro atoms. The summed E-state index contributed by atoms with van der Waals surface area (Å²) in [6.45, 7) is 4.34. The summed E-state index contributed by atoms with van der Waals surface area (Å²) in [5.41, 5.74) is 4.87. The molecule has 0 saturated carbocycles. The van der Waals surface area contributed by atoms with E-state index in [1.54, 1.807) is 0 Å². The quantitative estimate of drug-likeness (QED) is 0.491. The van der Waals surface area contributed by atoms with Crippen LogP contribution >= 0.6 is 0 Å². The summed E-state index contributed by atoms with van der Waals surface area (Å²) in [7, 11) is 0. The van der Waals surface area contributed by atoms with Gasteiger partial charge in [-0.2, -0.15) is 0 Å². The minimum atomic E-state index is -0.749. The molecule has 0 radical (unpaired) electrons. The molecule has 4 rings (SSSR count). The van der Waals surface area contributed by atoms with Gasteiger partial charge in [0.25, 0.3) is 0 Å². The molecule has 0 atom stereocenters. The highest BCUT2D eigenvalue weighted by atomic mass is 16.5. The van der Waals surface area contributed by atoms with Gasteiger partial charge in [-0.25, -0.2) is 14.6 Å². The Hall–Kier alpha value is -3.54. The molecule has 2 aromatic heterocycles. The van der Waals surface area contributed by atoms with Gasteiger partial charge in [0.15, 0.2) is 0 Å². The van der Waals surface area contributed by atoms with Crippen molar-refractivity contribution in [1.82, 2.24) is 9.72 Å². The Bertz CT molecular complexity index is 1300. The third-order valence-corrected chi connectivity index (χ3v) is 5.31. The number of nitrogens with one attached hydrogen (secondary N) is 1. The molecule has 6 heteroatoms. The molecule has 0 amide bonds. The van der Waals surface area contributed by atoms with Crippen molar-refractivity contribution < 1.29 is 8.94 Å². The van der Waals surface area contributed by atoms with E-state index < -0.39 is 11.4 Å². The van der Waals surface area contributed by atoms with Gasteiger partial charge in [0.2, 0.25) is 0 Å². The van der Waals surface area contributed by atoms with Crippen LogP contribution in [0.4, 0.5) is 0 Å². The fraction of sp³-hybridized carbons (Fsp3) is 0.250. The zero-order chi connectivity index (χ0) is 21.1. The Balaban J connectivity index is 1.68. The predicted octanol–water partition coefficient (Wildman–Crippen LogP) is 4.52. The lowest BCUT2D eigenvalue weighted by atomic mass is 9.98. The zero-order valence-electron chi connectivity index (χ0n) is 17.1. The van der Waals surface area contributed by atoms with Crippen LogP contribution in [0.3, 0.4) is 0 Å². The number of aromatic amines is 1. The summed E-state index contributed by atoms with van der Waals surface area (Å²) in [4.78, 5) is 24.9. The lowest BCUT2D eigenvalue weighted by molar-refractivity contribution is 0.261. The number of furan rings is 1. The van der Waals surface area contributed by atoms with E-state index in [0.29, 0.717) is 0 Å². The van der Waals surface area contributed by atoms with Crippen LogP contribution in [0.2, 0.25) is 0 Å². The first kappa shape index (κ1) is 19.8. The first-order valence-corrected chi connectivity index (χ1v) is 10.2. The summed E-state index contributed by atoms with van der Waals surface area (Å²) < 4.78 is 12.0. The Morgan fingerprint density at radius 3 is 2.57 bits per heavy atom. The molecular formula is C24H24N2O4. The Morgan fingerprint density at radius 1 is 1.10 bits per heavy atom. The van der Waals surface area contributed by atoms with Crippen LogP contribution in [0.15, 0.2) is 73.1 Å². The van der Waals surface area contributed by atoms with E-state index in [0.717, 1.165) is 51.9 Å². The Morgan fingerprint density at radius 2 is 1.90 bits per heavy atom. The van der Waals surface area contributed by atoms with E-state index in [1.807, 2.05) is 25.1 Å². The smallest absolute Gasteiger partial charge is 0.440 e. The van der Waals surface area contributed by atoms with Crippen molar-refractivity contribution in [2.24, 2.45) is 0 Å². The number of aryl methyl sites for hydroxylation is 1. The maximum absolute atomic E-state index is 11.6. The van der Waals surface area contributed by atoms with Gasteiger partial charge in [-0.1, -0.05) is 62.4 Å². The van der Waals surface area contributed by atoms with Crippen molar-refractivity contribution in [2.75, 3.05) is 0 Å². The van der Waals surface area contributed by atoms with Gasteiger partial charge in [-0.05, 0) is 29.2 Å². The van der Waals surface area contributed by atoms with Gasteiger partial charge in [-0.15, -0.1) is 4.74 Å². The minimum Gasteiger partial charge on any atom is -0.461 e. The van der Waals surface area contributed by atoms with Gasteiger partial charge in [0, 0.05) is 23.8 Å². The molecular weight excluding hydrogens is 380 g/mol. The second kappa shape index (κ2) is 8.45. The Labute approximate surface area is 173 Å². The standard InChI is InChI=1S/C24H24N2O4/c1-3-17(12-13-26-23(27)25-24(28)30-26)18-10-11-19-20(14-16-8-6-5-7-9-16)21(4-2)29-22(19)15-18/h5-12,15H,3-4,13-14H2,1-2H3,(H,25,27,28)/b17-12-. The normalized spacial score (nSPS) is 12.0. The fourth-order valence-corrected chi connectivity index (χ4v) is 3.77. The lowest BCUT2D eigenvalue weighted by Gasteiger charge is -2.06. The van der Waals surface area contributed by atoms with Gasteiger partial charge in [0.05, 0.1) is 6.54 Å². The number of rotatable bonds is 7. The van der Waals surface area contributed by atoms with E-state index in [2.05, 4.69) is 48.3 Å². The molecule has 1 N–H and O–H groups in total. The number of hydrogen-bond donors (Lipinski definition) is 1. The van der Waals surface area contributed by atoms with Gasteiger partial charge >= 0.3 is 11.4 Å². The number of allylic oxidation sites excluding steroid dienone is 2. The van der Waals surface area contributed by atoms with Crippen LogP contribution in [-0.2, 0) is 19.4 Å². The van der Waals surface area contributed by atoms with Gasteiger partial charge in [0.1, 0.15) is 11.3 Å². The predicted molar refractivity (Wildman–Crippen MR) is 117 cm³/mol. The average molecular weight is 404 g/mol. The van der Waals surface area contributed by atoms with Crippen molar-refractivity contribution in [1.29, 1.82) is 0 Å². The van der Waals surface area contributed by atoms with E-state index in [1.165, 1.54) is 11.1 Å². The average Bonchev–Trinajstić information content (AvgIpc) is 3.27. The maximum Gasteiger partial charge on any atom is 0.440 e. The molecule has 2 aromatic carbocycles. The second-order valence-corrected chi connectivity index (χ2v) is 7.18. The van der Waals surface area contributed by atoms with E-state index in [4.69, 9.17) is 8.94 Å². The summed E-state index contributed by atoms with van der Waals surface area (Å²) in [5.74, 6) is 0.259. The van der Waals surface area contributed by atoms with E-state index in [-0.39, 0.29) is 6.54 Å². The maximum atomic E-state index is 11.6. The van der Waals surface area contributed by atoms with Crippen LogP contribution in [-0.4, -0.2) is 9.72 Å². The largest absolute Gasteiger partial charge is 0.461 e. The number of fused-ring (bicyclic) bond motifs is 1. The van der Waals surface area contributed by atoms with Crippen molar-refractivity contribution >= 4 is 16.5 Å². The third kappa shape index (κ3) is 3.94. The first-order chi connectivity index (χ1) is 14.6. The summed E-state index contributed by atoms with van der Waals surface area (Å²) in [6.07, 6.45) is 4.33. The van der Waals surface area contributed by atoms with Crippen molar-refractivity contribution in [2.45, 2.75) is 39.7 Å². The number of aromatic nitrogens is 2. The zero-order valence-corrected chi connectivity index (χ0v) is 17.1. The highest BCUT2D eigenvalue weighted by Gasteiger charge is 2.14. The topological polar surface area (TPSA) is 81.1 Å². The molecule has 0 aliphatic rings. The molecule has 2 heterocycles. The van der Waals surface area contributed by atoms with Crippen LogP contribution in [0, 0.1) is 0 Å². The molecule has 0 bridgehead atoms. The molecule has 0 unspecified atom stereocenters. The number of H-pyrrole nitrogens is 1. The molecule has 0 fully saturated rings. The highest BCUT2D eigenvalue weighted by molar-refractivity contribution is 5.86. The number of benzene rings is 2. The third-order valence-electron chi connectivity index (χ3n) is 5.31. The second-order valence-electron chi connectivity index (χ2n) is 7.18. The summed E-state index contributed by atoms with van der Waals surface area (Å²) in [5, 5.41) is 1.13. The number of hydrogen-bond acceptors (Lipinski definition) is 4. The molecule has 30 heavy (non-hydrogen) atoms. The molecule has 4 aromatic rings. The van der Waals surface area contributed by atoms with Gasteiger partial charge in [-0.3, -0.25) is 0 Å². The summed E-state index contributed by atoms with van der Waals surface area (Å²) in [6, 6.07) is 16.6. The fourth-order valence-electron chi connectivity index (χ4n) is 3.77.